The van der Waals surface area contributed by atoms with Crippen molar-refractivity contribution in [2.75, 3.05) is 6.61 Å². The lowest BCUT2D eigenvalue weighted by Crippen LogP contribution is -2.66. The molecule has 5 aliphatic carbocycles. The van der Waals surface area contributed by atoms with Crippen molar-refractivity contribution in [2.45, 2.75) is 181 Å². The van der Waals surface area contributed by atoms with Crippen molar-refractivity contribution < 1.29 is 50.0 Å². The Bertz CT molecular complexity index is 1290. The van der Waals surface area contributed by atoms with E-state index in [0.29, 0.717) is 57.7 Å². The van der Waals surface area contributed by atoms with Crippen LogP contribution in [0.15, 0.2) is 0 Å². The van der Waals surface area contributed by atoms with E-state index in [1.807, 2.05) is 0 Å². The van der Waals surface area contributed by atoms with Gasteiger partial charge in [0.2, 0.25) is 0 Å². The van der Waals surface area contributed by atoms with Gasteiger partial charge in [-0.05, 0) is 146 Å². The number of aliphatic hydroxyl groups is 6. The molecule has 6 rings (SSSR count). The molecule has 52 heavy (non-hydrogen) atoms. The van der Waals surface area contributed by atoms with Gasteiger partial charge in [-0.3, -0.25) is 0 Å². The fourth-order valence-corrected chi connectivity index (χ4v) is 15.3. The summed E-state index contributed by atoms with van der Waals surface area (Å²) in [5.74, 6) is 3.12. The van der Waals surface area contributed by atoms with E-state index >= 15 is 0 Å². The van der Waals surface area contributed by atoms with E-state index in [0.717, 1.165) is 23.7 Å². The maximum absolute atomic E-state index is 11.4. The molecule has 0 amide bonds. The van der Waals surface area contributed by atoms with Crippen LogP contribution in [0.4, 0.5) is 0 Å². The highest BCUT2D eigenvalue weighted by Gasteiger charge is 2.70. The van der Waals surface area contributed by atoms with Crippen molar-refractivity contribution in [3.63, 3.8) is 0 Å². The Labute approximate surface area is 312 Å². The number of carbonyl (C=O) groups is 1. The molecule has 0 aromatic rings. The predicted octanol–water partition coefficient (Wildman–Crippen LogP) is 5.13. The molecule has 1 saturated heterocycles. The molecule has 0 aromatic carbocycles. The van der Waals surface area contributed by atoms with Crippen LogP contribution in [0.3, 0.4) is 0 Å². The van der Waals surface area contributed by atoms with Crippen LogP contribution in [0.2, 0.25) is 0 Å². The van der Waals surface area contributed by atoms with E-state index in [2.05, 4.69) is 55.4 Å². The summed E-state index contributed by atoms with van der Waals surface area (Å²) in [6.07, 6.45) is 0.972. The zero-order valence-electron chi connectivity index (χ0n) is 33.2. The Hall–Kier alpha value is -0.850. The normalized spacial score (nSPS) is 50.8. The monoisotopic (exact) mass is 737 g/mol. The third-order valence-electron chi connectivity index (χ3n) is 17.6. The zero-order chi connectivity index (χ0) is 38.3. The number of hydrogen-bond acceptors (Lipinski definition) is 9. The van der Waals surface area contributed by atoms with Gasteiger partial charge in [-0.1, -0.05) is 55.4 Å². The highest BCUT2D eigenvalue weighted by atomic mass is 16.7. The number of fused-ring (bicyclic) bond motifs is 7. The molecule has 0 bridgehead atoms. The van der Waals surface area contributed by atoms with Gasteiger partial charge in [0.25, 0.3) is 0 Å². The first kappa shape index (κ1) is 40.8. The SMILES string of the molecule is C[C@@H]1CC(C)(C)[C@H]2CC[C@]3(C)[C@@H](CC[C@@H]4[C@@]5(C)CC[C@@H]([C@@H](C)CC[C@@H](O)[C@@H](O)[C@@H](O)CO[C@H]6O[C@H](C(=O)O)[C@@H](O)[C@@H](O)[C@@H]6O)[C@H]5CC[C@]43C)[C@@]2(C)C1. The number of ether oxygens (including phenoxy) is 2. The summed E-state index contributed by atoms with van der Waals surface area (Å²) >= 11 is 0. The zero-order valence-corrected chi connectivity index (χ0v) is 33.2. The molecular formula is C42H72O10. The molecule has 6 aliphatic rings. The molecule has 1 aliphatic heterocycles. The number of rotatable bonds is 10. The first-order valence-corrected chi connectivity index (χ1v) is 20.7. The Morgan fingerprint density at radius 2 is 1.37 bits per heavy atom. The lowest BCUT2D eigenvalue weighted by atomic mass is 9.31. The van der Waals surface area contributed by atoms with Crippen LogP contribution in [-0.2, 0) is 14.3 Å². The topological polar surface area (TPSA) is 177 Å². The second kappa shape index (κ2) is 14.3. The summed E-state index contributed by atoms with van der Waals surface area (Å²) < 4.78 is 10.4. The predicted molar refractivity (Wildman–Crippen MR) is 196 cm³/mol. The summed E-state index contributed by atoms with van der Waals surface area (Å²) in [7, 11) is 0. The van der Waals surface area contributed by atoms with Crippen LogP contribution in [0, 0.1) is 68.5 Å². The maximum atomic E-state index is 11.4. The van der Waals surface area contributed by atoms with E-state index in [1.54, 1.807) is 0 Å². The Kier molecular flexibility index (Phi) is 11.2. The second-order valence-electron chi connectivity index (χ2n) is 20.7. The Morgan fingerprint density at radius 3 is 2.00 bits per heavy atom. The van der Waals surface area contributed by atoms with Crippen molar-refractivity contribution in [1.82, 2.24) is 0 Å². The van der Waals surface area contributed by atoms with Gasteiger partial charge in [-0.2, -0.15) is 0 Å². The van der Waals surface area contributed by atoms with Crippen molar-refractivity contribution in [3.8, 4) is 0 Å². The first-order chi connectivity index (χ1) is 24.1. The Morgan fingerprint density at radius 1 is 0.750 bits per heavy atom. The average Bonchev–Trinajstić information content (AvgIpc) is 3.41. The van der Waals surface area contributed by atoms with Crippen molar-refractivity contribution in [1.29, 1.82) is 0 Å². The number of aliphatic hydroxyl groups excluding tert-OH is 6. The van der Waals surface area contributed by atoms with E-state index in [4.69, 9.17) is 9.47 Å². The number of aliphatic carboxylic acids is 1. The molecule has 7 N–H and O–H groups in total. The average molecular weight is 737 g/mol. The largest absolute Gasteiger partial charge is 0.479 e. The van der Waals surface area contributed by atoms with Gasteiger partial charge in [0.05, 0.1) is 12.7 Å². The smallest absolute Gasteiger partial charge is 0.335 e. The molecule has 5 saturated carbocycles. The van der Waals surface area contributed by atoms with Crippen LogP contribution >= 0.6 is 0 Å². The molecule has 0 spiro atoms. The molecule has 1 heterocycles. The van der Waals surface area contributed by atoms with Gasteiger partial charge in [0.1, 0.15) is 30.5 Å². The molecule has 19 atom stereocenters. The Balaban J connectivity index is 1.05. The quantitative estimate of drug-likeness (QED) is 0.159. The molecule has 0 radical (unpaired) electrons. The van der Waals surface area contributed by atoms with Crippen molar-refractivity contribution in [3.05, 3.63) is 0 Å². The minimum absolute atomic E-state index is 0.303. The minimum atomic E-state index is -1.86. The first-order valence-electron chi connectivity index (χ1n) is 20.7. The maximum Gasteiger partial charge on any atom is 0.335 e. The molecule has 10 nitrogen and oxygen atoms in total. The van der Waals surface area contributed by atoms with Gasteiger partial charge in [-0.15, -0.1) is 0 Å². The molecule has 10 heteroatoms. The molecule has 0 aromatic heterocycles. The number of carboxylic acid groups (broad SMARTS) is 1. The standard InChI is InChI=1S/C42H72O10/c1-22-19-38(3,4)28-15-18-42(8)30(40(28,6)20-22)12-11-29-39(5)16-13-24(25(39)14-17-41(29,42)7)23(2)9-10-26(43)31(45)27(44)21-51-37-34(48)32(46)33(47)35(52-37)36(49)50/h22-35,37,43-48H,9-21H2,1-8H3,(H,49,50)/t22-,23+,24+,25-,26-,27+,28-,29-,30+,31-,32-,33+,34+,35+,37+,39+,40+,41-,42-/m1/s1. The summed E-state index contributed by atoms with van der Waals surface area (Å²) in [5.41, 5.74) is 1.82. The lowest BCUT2D eigenvalue weighted by Gasteiger charge is -2.73. The van der Waals surface area contributed by atoms with Crippen molar-refractivity contribution >= 4 is 5.97 Å². The second-order valence-corrected chi connectivity index (χ2v) is 20.7. The van der Waals surface area contributed by atoms with Gasteiger partial charge in [-0.25, -0.2) is 4.79 Å². The van der Waals surface area contributed by atoms with Crippen molar-refractivity contribution in [2.24, 2.45) is 68.5 Å². The van der Waals surface area contributed by atoms with Gasteiger partial charge < -0.3 is 45.2 Å². The van der Waals surface area contributed by atoms with E-state index < -0.39 is 61.6 Å². The fraction of sp³-hybridized carbons (Fsp3) is 0.976. The molecule has 0 unspecified atom stereocenters. The minimum Gasteiger partial charge on any atom is -0.479 e. The summed E-state index contributed by atoms with van der Waals surface area (Å²) in [4.78, 5) is 11.4. The van der Waals surface area contributed by atoms with Crippen LogP contribution in [0.25, 0.3) is 0 Å². The van der Waals surface area contributed by atoms with Crippen LogP contribution in [0.5, 0.6) is 0 Å². The van der Waals surface area contributed by atoms with Crippen LogP contribution in [0.1, 0.15) is 132 Å². The van der Waals surface area contributed by atoms with Crippen LogP contribution < -0.4 is 0 Å². The molecular weight excluding hydrogens is 664 g/mol. The summed E-state index contributed by atoms with van der Waals surface area (Å²) in [5, 5.41) is 71.7. The van der Waals surface area contributed by atoms with Gasteiger partial charge in [0, 0.05) is 0 Å². The summed E-state index contributed by atoms with van der Waals surface area (Å²) in [6, 6.07) is 0. The van der Waals surface area contributed by atoms with Crippen LogP contribution in [-0.4, -0.2) is 97.3 Å². The molecule has 300 valence electrons. The highest BCUT2D eigenvalue weighted by Crippen LogP contribution is 2.78. The molecule has 6 fully saturated rings. The number of carboxylic acids is 1. The third-order valence-corrected chi connectivity index (χ3v) is 17.6. The number of hydrogen-bond donors (Lipinski definition) is 7. The summed E-state index contributed by atoms with van der Waals surface area (Å²) in [6.45, 7) is 20.1. The van der Waals surface area contributed by atoms with Gasteiger partial charge in [0.15, 0.2) is 12.4 Å². The third kappa shape index (κ3) is 6.43. The lowest BCUT2D eigenvalue weighted by molar-refractivity contribution is -0.299. The van der Waals surface area contributed by atoms with E-state index in [1.165, 1.54) is 64.2 Å². The fourth-order valence-electron chi connectivity index (χ4n) is 15.3. The van der Waals surface area contributed by atoms with Gasteiger partial charge >= 0.3 is 5.97 Å². The highest BCUT2D eigenvalue weighted by molar-refractivity contribution is 5.73. The van der Waals surface area contributed by atoms with E-state index in [-0.39, 0.29) is 0 Å². The van der Waals surface area contributed by atoms with E-state index in [9.17, 15) is 40.5 Å².